The van der Waals surface area contributed by atoms with Gasteiger partial charge in [0.25, 0.3) is 0 Å². The van der Waals surface area contributed by atoms with Gasteiger partial charge < -0.3 is 11.1 Å². The predicted molar refractivity (Wildman–Crippen MR) is 68.3 cm³/mol. The topological polar surface area (TPSA) is 63.8 Å². The van der Waals surface area contributed by atoms with Crippen molar-refractivity contribution >= 4 is 5.69 Å². The zero-order valence-corrected chi connectivity index (χ0v) is 10.1. The summed E-state index contributed by atoms with van der Waals surface area (Å²) in [4.78, 5) is 8.10. The van der Waals surface area contributed by atoms with E-state index in [4.69, 9.17) is 5.73 Å². The number of aromatic nitrogens is 2. The number of nitrogen functional groups attached to an aromatic ring is 1. The van der Waals surface area contributed by atoms with Gasteiger partial charge in [0.15, 0.2) is 0 Å². The van der Waals surface area contributed by atoms with Crippen LogP contribution >= 0.6 is 0 Å². The number of pyridine rings is 2. The molecule has 0 bridgehead atoms. The minimum atomic E-state index is -0.320. The van der Waals surface area contributed by atoms with Crippen LogP contribution in [-0.4, -0.2) is 17.0 Å². The van der Waals surface area contributed by atoms with Crippen LogP contribution in [0.25, 0.3) is 0 Å². The Morgan fingerprint density at radius 3 is 2.89 bits per heavy atom. The number of nitrogens with two attached hydrogens (primary N) is 1. The molecular formula is C13H15FN4. The first-order valence-corrected chi connectivity index (χ1v) is 5.68. The van der Waals surface area contributed by atoms with Crippen LogP contribution in [-0.2, 0) is 6.42 Å². The Balaban J connectivity index is 2.26. The van der Waals surface area contributed by atoms with Gasteiger partial charge in [0.1, 0.15) is 5.82 Å². The summed E-state index contributed by atoms with van der Waals surface area (Å²) >= 11 is 0. The molecule has 0 aromatic carbocycles. The van der Waals surface area contributed by atoms with E-state index < -0.39 is 0 Å². The molecule has 18 heavy (non-hydrogen) atoms. The molecule has 0 saturated carbocycles. The molecule has 2 aromatic rings. The Bertz CT molecular complexity index is 530. The zero-order valence-electron chi connectivity index (χ0n) is 10.1. The van der Waals surface area contributed by atoms with Crippen molar-refractivity contribution in [3.63, 3.8) is 0 Å². The normalized spacial score (nSPS) is 12.3. The van der Waals surface area contributed by atoms with E-state index in [2.05, 4.69) is 15.3 Å². The molecule has 0 aliphatic carbocycles. The fourth-order valence-electron chi connectivity index (χ4n) is 1.82. The summed E-state index contributed by atoms with van der Waals surface area (Å²) in [6.45, 7) is 0. The Kier molecular flexibility index (Phi) is 3.84. The number of likely N-dealkylation sites (N-methyl/N-ethyl adjacent to an activating group) is 1. The van der Waals surface area contributed by atoms with Gasteiger partial charge >= 0.3 is 0 Å². The average Bonchev–Trinajstić information content (AvgIpc) is 2.39. The molecule has 0 aliphatic rings. The SMILES string of the molecule is CNC(Cc1cnccc1N)c1ncccc1F. The third-order valence-corrected chi connectivity index (χ3v) is 2.83. The third kappa shape index (κ3) is 2.62. The van der Waals surface area contributed by atoms with E-state index in [9.17, 15) is 4.39 Å². The lowest BCUT2D eigenvalue weighted by Gasteiger charge is -2.17. The van der Waals surface area contributed by atoms with Gasteiger partial charge in [-0.25, -0.2) is 4.39 Å². The minimum Gasteiger partial charge on any atom is -0.398 e. The van der Waals surface area contributed by atoms with Gasteiger partial charge in [0.05, 0.1) is 11.7 Å². The summed E-state index contributed by atoms with van der Waals surface area (Å²) < 4.78 is 13.7. The van der Waals surface area contributed by atoms with Gasteiger partial charge in [0, 0.05) is 24.3 Å². The molecule has 0 saturated heterocycles. The maximum absolute atomic E-state index is 13.7. The molecule has 0 aliphatic heterocycles. The zero-order chi connectivity index (χ0) is 13.0. The highest BCUT2D eigenvalue weighted by Crippen LogP contribution is 2.21. The first-order valence-electron chi connectivity index (χ1n) is 5.68. The van der Waals surface area contributed by atoms with Gasteiger partial charge in [-0.1, -0.05) is 0 Å². The third-order valence-electron chi connectivity index (χ3n) is 2.83. The molecular weight excluding hydrogens is 231 g/mol. The van der Waals surface area contributed by atoms with Crippen molar-refractivity contribution < 1.29 is 4.39 Å². The van der Waals surface area contributed by atoms with E-state index >= 15 is 0 Å². The lowest BCUT2D eigenvalue weighted by Crippen LogP contribution is -2.21. The highest BCUT2D eigenvalue weighted by atomic mass is 19.1. The molecule has 1 atom stereocenters. The quantitative estimate of drug-likeness (QED) is 0.862. The van der Waals surface area contributed by atoms with E-state index in [1.54, 1.807) is 37.8 Å². The summed E-state index contributed by atoms with van der Waals surface area (Å²) in [7, 11) is 1.77. The van der Waals surface area contributed by atoms with Crippen LogP contribution < -0.4 is 11.1 Å². The molecule has 0 fully saturated rings. The predicted octanol–water partition coefficient (Wildman–Crippen LogP) is 1.70. The van der Waals surface area contributed by atoms with E-state index in [0.717, 1.165) is 5.56 Å². The first kappa shape index (κ1) is 12.4. The summed E-state index contributed by atoms with van der Waals surface area (Å²) in [6, 6.07) is 4.48. The second-order valence-corrected chi connectivity index (χ2v) is 3.99. The van der Waals surface area contributed by atoms with E-state index in [1.807, 2.05) is 0 Å². The number of rotatable bonds is 4. The second kappa shape index (κ2) is 5.55. The number of nitrogens with one attached hydrogen (secondary N) is 1. The van der Waals surface area contributed by atoms with Crippen molar-refractivity contribution in [2.24, 2.45) is 0 Å². The van der Waals surface area contributed by atoms with E-state index in [-0.39, 0.29) is 11.9 Å². The molecule has 4 nitrogen and oxygen atoms in total. The molecule has 3 N–H and O–H groups in total. The van der Waals surface area contributed by atoms with E-state index in [0.29, 0.717) is 17.8 Å². The van der Waals surface area contributed by atoms with Crippen LogP contribution in [0.3, 0.4) is 0 Å². The largest absolute Gasteiger partial charge is 0.398 e. The first-order chi connectivity index (χ1) is 8.72. The van der Waals surface area contributed by atoms with Crippen molar-refractivity contribution in [3.8, 4) is 0 Å². The van der Waals surface area contributed by atoms with Crippen LogP contribution in [0.15, 0.2) is 36.8 Å². The summed E-state index contributed by atoms with van der Waals surface area (Å²) in [6.07, 6.45) is 5.45. The summed E-state index contributed by atoms with van der Waals surface area (Å²) in [5, 5.41) is 3.05. The maximum atomic E-state index is 13.7. The molecule has 94 valence electrons. The van der Waals surface area contributed by atoms with Crippen LogP contribution in [0.2, 0.25) is 0 Å². The van der Waals surface area contributed by atoms with Crippen LogP contribution in [0.5, 0.6) is 0 Å². The minimum absolute atomic E-state index is 0.224. The highest BCUT2D eigenvalue weighted by Gasteiger charge is 2.16. The number of hydrogen-bond acceptors (Lipinski definition) is 4. The number of halogens is 1. The molecule has 0 radical (unpaired) electrons. The molecule has 5 heteroatoms. The number of hydrogen-bond donors (Lipinski definition) is 2. The Morgan fingerprint density at radius 2 is 2.22 bits per heavy atom. The fraction of sp³-hybridized carbons (Fsp3) is 0.231. The standard InChI is InChI=1S/C13H15FN4/c1-16-12(13-10(14)3-2-5-18-13)7-9-8-17-6-4-11(9)15/h2-6,8,12,16H,7H2,1H3,(H2,15,17). The van der Waals surface area contributed by atoms with Gasteiger partial charge in [-0.05, 0) is 37.2 Å². The summed E-state index contributed by atoms with van der Waals surface area (Å²) in [5.74, 6) is -0.320. The molecule has 1 unspecified atom stereocenters. The smallest absolute Gasteiger partial charge is 0.146 e. The van der Waals surface area contributed by atoms with Crippen LogP contribution in [0.4, 0.5) is 10.1 Å². The van der Waals surface area contributed by atoms with Crippen molar-refractivity contribution in [1.29, 1.82) is 0 Å². The van der Waals surface area contributed by atoms with Crippen LogP contribution in [0.1, 0.15) is 17.3 Å². The molecule has 2 aromatic heterocycles. The highest BCUT2D eigenvalue weighted by molar-refractivity contribution is 5.45. The van der Waals surface area contributed by atoms with Crippen molar-refractivity contribution in [3.05, 3.63) is 53.9 Å². The van der Waals surface area contributed by atoms with Gasteiger partial charge in [-0.15, -0.1) is 0 Å². The van der Waals surface area contributed by atoms with Crippen molar-refractivity contribution in [2.45, 2.75) is 12.5 Å². The Labute approximate surface area is 105 Å². The molecule has 2 heterocycles. The average molecular weight is 246 g/mol. The van der Waals surface area contributed by atoms with E-state index in [1.165, 1.54) is 6.07 Å². The Hall–Kier alpha value is -2.01. The molecule has 0 amide bonds. The number of nitrogens with zero attached hydrogens (tertiary/aromatic N) is 2. The Morgan fingerprint density at radius 1 is 1.39 bits per heavy atom. The molecule has 2 rings (SSSR count). The number of anilines is 1. The lowest BCUT2D eigenvalue weighted by molar-refractivity contribution is 0.517. The van der Waals surface area contributed by atoms with Gasteiger partial charge in [-0.3, -0.25) is 9.97 Å². The summed E-state index contributed by atoms with van der Waals surface area (Å²) in [5.41, 5.74) is 7.78. The van der Waals surface area contributed by atoms with Crippen LogP contribution in [0, 0.1) is 5.82 Å². The van der Waals surface area contributed by atoms with Crippen molar-refractivity contribution in [1.82, 2.24) is 15.3 Å². The van der Waals surface area contributed by atoms with Gasteiger partial charge in [0.2, 0.25) is 0 Å². The van der Waals surface area contributed by atoms with Crippen molar-refractivity contribution in [2.75, 3.05) is 12.8 Å². The second-order valence-electron chi connectivity index (χ2n) is 3.99. The van der Waals surface area contributed by atoms with Gasteiger partial charge in [-0.2, -0.15) is 0 Å². The fourth-order valence-corrected chi connectivity index (χ4v) is 1.82. The monoisotopic (exact) mass is 246 g/mol. The lowest BCUT2D eigenvalue weighted by atomic mass is 10.0. The molecule has 0 spiro atoms. The maximum Gasteiger partial charge on any atom is 0.146 e.